The molecule has 27 heavy (non-hydrogen) atoms. The highest BCUT2D eigenvalue weighted by Crippen LogP contribution is 2.38. The van der Waals surface area contributed by atoms with Gasteiger partial charge in [-0.2, -0.15) is 0 Å². The number of amides is 3. The molecule has 7 nitrogen and oxygen atoms in total. The van der Waals surface area contributed by atoms with Crippen LogP contribution in [0.2, 0.25) is 0 Å². The molecule has 1 aromatic carbocycles. The van der Waals surface area contributed by atoms with Crippen molar-refractivity contribution in [1.29, 1.82) is 0 Å². The summed E-state index contributed by atoms with van der Waals surface area (Å²) in [4.78, 5) is 49.8. The zero-order valence-electron chi connectivity index (χ0n) is 15.0. The van der Waals surface area contributed by atoms with Crippen LogP contribution in [0.5, 0.6) is 0 Å². The molecule has 1 heterocycles. The summed E-state index contributed by atoms with van der Waals surface area (Å²) < 4.78 is 17.8. The fraction of sp³-hybridized carbons (Fsp3) is 0.474. The molecule has 2 fully saturated rings. The van der Waals surface area contributed by atoms with Crippen LogP contribution in [0.1, 0.15) is 43.0 Å². The third kappa shape index (κ3) is 3.70. The van der Waals surface area contributed by atoms with Gasteiger partial charge in [-0.3, -0.25) is 19.3 Å². The lowest BCUT2D eigenvalue weighted by Crippen LogP contribution is -2.54. The Balaban J connectivity index is 1.57. The summed E-state index contributed by atoms with van der Waals surface area (Å²) in [5, 5.41) is 2.75. The highest BCUT2D eigenvalue weighted by atomic mass is 19.1. The Morgan fingerprint density at radius 1 is 1.26 bits per heavy atom. The Bertz CT molecular complexity index is 779. The summed E-state index contributed by atoms with van der Waals surface area (Å²) in [5.41, 5.74) is -0.742. The third-order valence-corrected chi connectivity index (χ3v) is 5.32. The molecular formula is C19H21FN2O5. The summed E-state index contributed by atoms with van der Waals surface area (Å²) >= 11 is 0. The Kier molecular flexibility index (Phi) is 5.25. The third-order valence-electron chi connectivity index (χ3n) is 5.32. The summed E-state index contributed by atoms with van der Waals surface area (Å²) in [7, 11) is 0. The molecule has 1 spiro atoms. The first kappa shape index (κ1) is 19.0. The van der Waals surface area contributed by atoms with Crippen LogP contribution in [-0.2, 0) is 14.3 Å². The standard InChI is InChI=1S/C19H21FN2O5/c1-12-4-2-3-9-19(12)17(25)22(18(26)21-19)10-16(24)27-11-15(23)13-5-7-14(20)8-6-13/h5-8,12H,2-4,9-11H2,1H3,(H,21,26)/t12-,19-/m0/s1. The SMILES string of the molecule is C[C@H]1CCCC[C@]12NC(=O)N(CC(=O)OCC(=O)c1ccc(F)cc1)C2=O. The maximum atomic E-state index is 12.9. The summed E-state index contributed by atoms with van der Waals surface area (Å²) in [6, 6.07) is 4.23. The minimum absolute atomic E-state index is 0.0104. The van der Waals surface area contributed by atoms with E-state index in [0.717, 1.165) is 36.3 Å². The van der Waals surface area contributed by atoms with E-state index in [4.69, 9.17) is 4.74 Å². The van der Waals surface area contributed by atoms with Gasteiger partial charge in [0.1, 0.15) is 17.9 Å². The highest BCUT2D eigenvalue weighted by Gasteiger charge is 2.55. The van der Waals surface area contributed by atoms with Gasteiger partial charge in [0.05, 0.1) is 0 Å². The number of benzene rings is 1. The van der Waals surface area contributed by atoms with Crippen molar-refractivity contribution < 1.29 is 28.3 Å². The molecule has 1 saturated carbocycles. The Hall–Kier alpha value is -2.77. The van der Waals surface area contributed by atoms with Gasteiger partial charge in [0.2, 0.25) is 0 Å². The average molecular weight is 376 g/mol. The zero-order valence-corrected chi connectivity index (χ0v) is 15.0. The molecule has 3 rings (SSSR count). The number of halogens is 1. The lowest BCUT2D eigenvalue weighted by Gasteiger charge is -2.36. The second-order valence-electron chi connectivity index (χ2n) is 7.03. The minimum Gasteiger partial charge on any atom is -0.456 e. The van der Waals surface area contributed by atoms with Crippen molar-refractivity contribution in [3.8, 4) is 0 Å². The fourth-order valence-corrected chi connectivity index (χ4v) is 3.68. The lowest BCUT2D eigenvalue weighted by molar-refractivity contribution is -0.147. The van der Waals surface area contributed by atoms with Crippen LogP contribution in [0.4, 0.5) is 9.18 Å². The maximum absolute atomic E-state index is 12.9. The number of nitrogens with zero attached hydrogens (tertiary/aromatic N) is 1. The number of hydrogen-bond donors (Lipinski definition) is 1. The molecule has 144 valence electrons. The number of carbonyl (C=O) groups excluding carboxylic acids is 4. The van der Waals surface area contributed by atoms with Gasteiger partial charge in [0.15, 0.2) is 12.4 Å². The number of carbonyl (C=O) groups is 4. The molecule has 0 aromatic heterocycles. The molecule has 2 aliphatic rings. The highest BCUT2D eigenvalue weighted by molar-refractivity contribution is 6.09. The molecule has 1 aliphatic carbocycles. The molecule has 0 bridgehead atoms. The molecule has 2 atom stereocenters. The molecule has 1 aliphatic heterocycles. The molecule has 0 radical (unpaired) electrons. The predicted molar refractivity (Wildman–Crippen MR) is 92.3 cm³/mol. The van der Waals surface area contributed by atoms with Crippen molar-refractivity contribution in [3.63, 3.8) is 0 Å². The first-order valence-corrected chi connectivity index (χ1v) is 8.92. The number of imide groups is 1. The predicted octanol–water partition coefficient (Wildman–Crippen LogP) is 2.05. The topological polar surface area (TPSA) is 92.8 Å². The van der Waals surface area contributed by atoms with Crippen LogP contribution in [0.25, 0.3) is 0 Å². The van der Waals surface area contributed by atoms with E-state index in [1.165, 1.54) is 12.1 Å². The monoisotopic (exact) mass is 376 g/mol. The molecule has 8 heteroatoms. The van der Waals surface area contributed by atoms with Gasteiger partial charge in [0, 0.05) is 5.56 Å². The van der Waals surface area contributed by atoms with Crippen LogP contribution in [0.15, 0.2) is 24.3 Å². The van der Waals surface area contributed by atoms with Crippen molar-refractivity contribution in [2.45, 2.75) is 38.1 Å². The molecule has 1 saturated heterocycles. The maximum Gasteiger partial charge on any atom is 0.326 e. The number of urea groups is 1. The van der Waals surface area contributed by atoms with Crippen molar-refractivity contribution in [2.75, 3.05) is 13.2 Å². The smallest absolute Gasteiger partial charge is 0.326 e. The van der Waals surface area contributed by atoms with Crippen molar-refractivity contribution in [2.24, 2.45) is 5.92 Å². The number of rotatable bonds is 5. The van der Waals surface area contributed by atoms with Crippen molar-refractivity contribution in [1.82, 2.24) is 10.2 Å². The van der Waals surface area contributed by atoms with Gasteiger partial charge in [0.25, 0.3) is 5.91 Å². The normalized spacial score (nSPS) is 24.8. The number of ether oxygens (including phenoxy) is 1. The number of hydrogen-bond acceptors (Lipinski definition) is 5. The Labute approximate surface area is 155 Å². The van der Waals surface area contributed by atoms with Gasteiger partial charge >= 0.3 is 12.0 Å². The minimum atomic E-state index is -0.945. The number of nitrogens with one attached hydrogen (secondary N) is 1. The van der Waals surface area contributed by atoms with Gasteiger partial charge in [-0.15, -0.1) is 0 Å². The van der Waals surface area contributed by atoms with Crippen LogP contribution in [0.3, 0.4) is 0 Å². The molecule has 0 unspecified atom stereocenters. The fourth-order valence-electron chi connectivity index (χ4n) is 3.68. The van der Waals surface area contributed by atoms with Crippen molar-refractivity contribution in [3.05, 3.63) is 35.6 Å². The molecule has 1 aromatic rings. The number of ketones is 1. The number of Topliss-reactive ketones (excluding diaryl/α,β-unsaturated/α-hetero) is 1. The van der Waals surface area contributed by atoms with Crippen LogP contribution < -0.4 is 5.32 Å². The first-order chi connectivity index (χ1) is 12.8. The van der Waals surface area contributed by atoms with Crippen LogP contribution in [-0.4, -0.2) is 47.3 Å². The second-order valence-corrected chi connectivity index (χ2v) is 7.03. The van der Waals surface area contributed by atoms with E-state index in [9.17, 15) is 23.6 Å². The van der Waals surface area contributed by atoms with Crippen LogP contribution >= 0.6 is 0 Å². The largest absolute Gasteiger partial charge is 0.456 e. The van der Waals surface area contributed by atoms with Gasteiger partial charge in [-0.1, -0.05) is 19.8 Å². The van der Waals surface area contributed by atoms with E-state index in [2.05, 4.69) is 5.32 Å². The van der Waals surface area contributed by atoms with E-state index < -0.39 is 48.2 Å². The second kappa shape index (κ2) is 7.46. The van der Waals surface area contributed by atoms with Gasteiger partial charge in [-0.05, 0) is 43.0 Å². The zero-order chi connectivity index (χ0) is 19.6. The first-order valence-electron chi connectivity index (χ1n) is 8.92. The van der Waals surface area contributed by atoms with E-state index in [1.807, 2.05) is 6.92 Å². The van der Waals surface area contributed by atoms with E-state index >= 15 is 0 Å². The van der Waals surface area contributed by atoms with E-state index in [1.54, 1.807) is 0 Å². The lowest BCUT2D eigenvalue weighted by atomic mass is 9.73. The quantitative estimate of drug-likeness (QED) is 0.482. The Morgan fingerprint density at radius 3 is 2.63 bits per heavy atom. The molecular weight excluding hydrogens is 355 g/mol. The Morgan fingerprint density at radius 2 is 1.96 bits per heavy atom. The van der Waals surface area contributed by atoms with E-state index in [-0.39, 0.29) is 11.5 Å². The average Bonchev–Trinajstić information content (AvgIpc) is 2.88. The summed E-state index contributed by atoms with van der Waals surface area (Å²) in [6.45, 7) is 0.825. The number of esters is 1. The molecule has 1 N–H and O–H groups in total. The van der Waals surface area contributed by atoms with Crippen molar-refractivity contribution >= 4 is 23.7 Å². The van der Waals surface area contributed by atoms with E-state index in [0.29, 0.717) is 6.42 Å². The van der Waals surface area contributed by atoms with Crippen LogP contribution in [0, 0.1) is 11.7 Å². The van der Waals surface area contributed by atoms with Gasteiger partial charge < -0.3 is 10.1 Å². The summed E-state index contributed by atoms with van der Waals surface area (Å²) in [6.07, 6.45) is 3.21. The summed E-state index contributed by atoms with van der Waals surface area (Å²) in [5.74, 6) is -2.26. The van der Waals surface area contributed by atoms with Gasteiger partial charge in [-0.25, -0.2) is 9.18 Å². The molecule has 3 amide bonds.